The van der Waals surface area contributed by atoms with Gasteiger partial charge in [-0.05, 0) is 113 Å². The second-order valence-electron chi connectivity index (χ2n) is 15.9. The van der Waals surface area contributed by atoms with Crippen LogP contribution in [0.2, 0.25) is 23.2 Å². The molecule has 0 bridgehead atoms. The Labute approximate surface area is 302 Å². The third kappa shape index (κ3) is 9.74. The number of aromatic nitrogens is 1. The number of carbonyl (C=O) groups excluding carboxylic acids is 2. The standard InChI is InChI=1S/C40H51ClN2O6Si/c1-39(2,3)48-38(46)28-14-10-27(11-15-28)21-35(44)34(20-26-12-18-31(19-13-26)49-50(8,9)40(4,5)6)43-25-36(47-7)33(23-37(43)45)32-22-30(41)17-16-29(32)24-42/h10-11,14-17,22-23,25-26,31,34H,12-13,18-21H2,1-9H3. The van der Waals surface area contributed by atoms with Crippen LogP contribution in [0.3, 0.4) is 0 Å². The van der Waals surface area contributed by atoms with Crippen molar-refractivity contribution in [2.45, 2.75) is 116 Å². The van der Waals surface area contributed by atoms with Gasteiger partial charge in [-0.3, -0.25) is 9.59 Å². The molecule has 268 valence electrons. The number of rotatable bonds is 11. The highest BCUT2D eigenvalue weighted by Crippen LogP contribution is 2.41. The summed E-state index contributed by atoms with van der Waals surface area (Å²) in [5.74, 6) is 0.0224. The van der Waals surface area contributed by atoms with Crippen LogP contribution in [-0.4, -0.2) is 43.5 Å². The monoisotopic (exact) mass is 718 g/mol. The van der Waals surface area contributed by atoms with Gasteiger partial charge in [-0.2, -0.15) is 5.26 Å². The van der Waals surface area contributed by atoms with E-state index < -0.39 is 25.9 Å². The van der Waals surface area contributed by atoms with Gasteiger partial charge in [-0.1, -0.05) is 44.5 Å². The smallest absolute Gasteiger partial charge is 0.338 e. The van der Waals surface area contributed by atoms with Gasteiger partial charge >= 0.3 is 5.97 Å². The number of Topliss-reactive ketones (excluding diaryl/α,β-unsaturated/α-hetero) is 1. The molecule has 4 rings (SSSR count). The highest BCUT2D eigenvalue weighted by molar-refractivity contribution is 6.74. The molecular formula is C40H51ClN2O6Si. The minimum Gasteiger partial charge on any atom is -0.495 e. The summed E-state index contributed by atoms with van der Waals surface area (Å²) in [6.45, 7) is 16.7. The summed E-state index contributed by atoms with van der Waals surface area (Å²) in [5, 5.41) is 10.3. The number of methoxy groups -OCH3 is 1. The van der Waals surface area contributed by atoms with Gasteiger partial charge < -0.3 is 18.5 Å². The maximum absolute atomic E-state index is 14.2. The van der Waals surface area contributed by atoms with E-state index in [0.29, 0.717) is 39.4 Å². The number of pyridine rings is 1. The molecule has 0 saturated heterocycles. The van der Waals surface area contributed by atoms with Crippen LogP contribution < -0.4 is 10.3 Å². The first kappa shape index (κ1) is 39.1. The molecule has 1 atom stereocenters. The fourth-order valence-electron chi connectivity index (χ4n) is 6.19. The molecule has 0 radical (unpaired) electrons. The highest BCUT2D eigenvalue weighted by Gasteiger charge is 2.40. The molecule has 1 fully saturated rings. The van der Waals surface area contributed by atoms with E-state index >= 15 is 0 Å². The zero-order valence-corrected chi connectivity index (χ0v) is 32.6. The van der Waals surface area contributed by atoms with Gasteiger partial charge in [0.15, 0.2) is 14.1 Å². The number of hydrogen-bond acceptors (Lipinski definition) is 7. The Morgan fingerprint density at radius 1 is 0.980 bits per heavy atom. The van der Waals surface area contributed by atoms with Crippen molar-refractivity contribution in [3.63, 3.8) is 0 Å². The predicted molar refractivity (Wildman–Crippen MR) is 200 cm³/mol. The van der Waals surface area contributed by atoms with Gasteiger partial charge in [0.05, 0.1) is 36.5 Å². The second kappa shape index (κ2) is 15.7. The summed E-state index contributed by atoms with van der Waals surface area (Å²) in [5.41, 5.74) is 1.39. The number of hydrogen-bond donors (Lipinski definition) is 0. The minimum atomic E-state index is -1.92. The number of carbonyl (C=O) groups is 2. The number of nitrogens with zero attached hydrogens (tertiary/aromatic N) is 2. The first-order chi connectivity index (χ1) is 23.3. The summed E-state index contributed by atoms with van der Waals surface area (Å²) >= 11 is 6.28. The summed E-state index contributed by atoms with van der Waals surface area (Å²) < 4.78 is 19.4. The van der Waals surface area contributed by atoms with Crippen molar-refractivity contribution in [2.24, 2.45) is 5.92 Å². The topological polar surface area (TPSA) is 108 Å². The van der Waals surface area contributed by atoms with Gasteiger partial charge in [0.25, 0.3) is 5.56 Å². The van der Waals surface area contributed by atoms with Gasteiger partial charge in [0, 0.05) is 34.7 Å². The van der Waals surface area contributed by atoms with Crippen molar-refractivity contribution in [3.8, 4) is 22.9 Å². The highest BCUT2D eigenvalue weighted by atomic mass is 35.5. The fraction of sp³-hybridized carbons (Fsp3) is 0.500. The number of halogens is 1. The summed E-state index contributed by atoms with van der Waals surface area (Å²) in [4.78, 5) is 40.7. The molecule has 1 aliphatic carbocycles. The fourth-order valence-corrected chi connectivity index (χ4v) is 7.79. The van der Waals surface area contributed by atoms with E-state index in [0.717, 1.165) is 31.2 Å². The van der Waals surface area contributed by atoms with Crippen molar-refractivity contribution >= 4 is 31.7 Å². The Hall–Kier alpha value is -3.71. The Morgan fingerprint density at radius 3 is 2.18 bits per heavy atom. The average molecular weight is 719 g/mol. The van der Waals surface area contributed by atoms with Gasteiger partial charge in [-0.15, -0.1) is 0 Å². The molecule has 0 N–H and O–H groups in total. The summed E-state index contributed by atoms with van der Waals surface area (Å²) in [6.07, 6.45) is 5.95. The van der Waals surface area contributed by atoms with Crippen molar-refractivity contribution in [1.29, 1.82) is 5.26 Å². The molecule has 1 unspecified atom stereocenters. The van der Waals surface area contributed by atoms with Crippen molar-refractivity contribution in [1.82, 2.24) is 4.57 Å². The molecule has 8 nitrogen and oxygen atoms in total. The summed E-state index contributed by atoms with van der Waals surface area (Å²) in [6, 6.07) is 14.5. The SMILES string of the molecule is COc1cn(C(CC2CCC(O[Si](C)(C)C(C)(C)C)CC2)C(=O)Cc2ccc(C(=O)OC(C)(C)C)cc2)c(=O)cc1-c1cc(Cl)ccc1C#N. The van der Waals surface area contributed by atoms with Crippen LogP contribution in [0.4, 0.5) is 0 Å². The molecule has 0 amide bonds. The third-order valence-electron chi connectivity index (χ3n) is 9.95. The molecule has 1 saturated carbocycles. The van der Waals surface area contributed by atoms with E-state index in [-0.39, 0.29) is 34.8 Å². The van der Waals surface area contributed by atoms with E-state index in [9.17, 15) is 19.6 Å². The Morgan fingerprint density at radius 2 is 1.62 bits per heavy atom. The first-order valence-corrected chi connectivity index (χ1v) is 20.6. The predicted octanol–water partition coefficient (Wildman–Crippen LogP) is 9.33. The van der Waals surface area contributed by atoms with Gasteiger partial charge in [0.2, 0.25) is 0 Å². The van der Waals surface area contributed by atoms with Gasteiger partial charge in [0.1, 0.15) is 11.4 Å². The maximum Gasteiger partial charge on any atom is 0.338 e. The number of benzene rings is 2. The molecule has 3 aromatic rings. The lowest BCUT2D eigenvalue weighted by Crippen LogP contribution is -2.44. The van der Waals surface area contributed by atoms with Crippen LogP contribution in [0, 0.1) is 17.2 Å². The van der Waals surface area contributed by atoms with E-state index in [2.05, 4.69) is 39.9 Å². The van der Waals surface area contributed by atoms with Gasteiger partial charge in [-0.25, -0.2) is 4.79 Å². The Bertz CT molecular complexity index is 1790. The number of ether oxygens (including phenoxy) is 2. The number of esters is 1. The quantitative estimate of drug-likeness (QED) is 0.144. The zero-order chi connectivity index (χ0) is 37.0. The molecule has 1 aliphatic rings. The zero-order valence-electron chi connectivity index (χ0n) is 30.9. The van der Waals surface area contributed by atoms with Crippen molar-refractivity contribution in [2.75, 3.05) is 7.11 Å². The van der Waals surface area contributed by atoms with Crippen LogP contribution in [0.15, 0.2) is 59.5 Å². The first-order valence-electron chi connectivity index (χ1n) is 17.3. The lowest BCUT2D eigenvalue weighted by molar-refractivity contribution is -0.122. The van der Waals surface area contributed by atoms with E-state index in [1.165, 1.54) is 17.7 Å². The largest absolute Gasteiger partial charge is 0.495 e. The average Bonchev–Trinajstić information content (AvgIpc) is 3.03. The molecule has 2 aromatic carbocycles. The molecule has 50 heavy (non-hydrogen) atoms. The minimum absolute atomic E-state index is 0.0759. The molecule has 1 aromatic heterocycles. The maximum atomic E-state index is 14.2. The molecule has 1 heterocycles. The Balaban J connectivity index is 1.64. The van der Waals surface area contributed by atoms with Crippen LogP contribution in [0.1, 0.15) is 101 Å². The number of ketones is 1. The molecule has 10 heteroatoms. The van der Waals surface area contributed by atoms with Crippen LogP contribution in [0.5, 0.6) is 5.75 Å². The second-order valence-corrected chi connectivity index (χ2v) is 21.1. The van der Waals surface area contributed by atoms with E-state index in [1.807, 2.05) is 20.8 Å². The lowest BCUT2D eigenvalue weighted by atomic mass is 9.82. The van der Waals surface area contributed by atoms with Crippen molar-refractivity contribution in [3.05, 3.63) is 86.8 Å². The normalized spacial score (nSPS) is 17.5. The van der Waals surface area contributed by atoms with Crippen molar-refractivity contribution < 1.29 is 23.5 Å². The third-order valence-corrected chi connectivity index (χ3v) is 14.7. The van der Waals surface area contributed by atoms with Crippen LogP contribution in [0.25, 0.3) is 11.1 Å². The molecule has 0 aliphatic heterocycles. The molecular weight excluding hydrogens is 668 g/mol. The summed E-state index contributed by atoms with van der Waals surface area (Å²) in [7, 11) is -0.419. The van der Waals surface area contributed by atoms with Crippen LogP contribution in [-0.2, 0) is 20.4 Å². The Kier molecular flexibility index (Phi) is 12.2. The number of nitriles is 1. The lowest BCUT2D eigenvalue weighted by Gasteiger charge is -2.41. The van der Waals surface area contributed by atoms with E-state index in [1.54, 1.807) is 48.7 Å². The van der Waals surface area contributed by atoms with E-state index in [4.69, 9.17) is 25.5 Å². The molecule has 0 spiro atoms. The van der Waals surface area contributed by atoms with Crippen LogP contribution >= 0.6 is 11.6 Å².